The quantitative estimate of drug-likeness (QED) is 0.777. The number of halogens is 2. The Morgan fingerprint density at radius 2 is 1.91 bits per heavy atom. The van der Waals surface area contributed by atoms with Gasteiger partial charge in [-0.15, -0.1) is 0 Å². The third-order valence-electron chi connectivity index (χ3n) is 3.42. The molecule has 3 aromatic rings. The maximum atomic E-state index is 13.2. The van der Waals surface area contributed by atoms with Gasteiger partial charge in [-0.2, -0.15) is 0 Å². The molecule has 0 amide bonds. The number of nitrogens with zero attached hydrogens (tertiary/aromatic N) is 1. The molecule has 0 saturated heterocycles. The van der Waals surface area contributed by atoms with Gasteiger partial charge in [0.25, 0.3) is 0 Å². The molecule has 22 heavy (non-hydrogen) atoms. The van der Waals surface area contributed by atoms with Crippen LogP contribution in [0.2, 0.25) is 5.02 Å². The Morgan fingerprint density at radius 3 is 2.64 bits per heavy atom. The first-order valence-electron chi connectivity index (χ1n) is 6.83. The van der Waals surface area contributed by atoms with Gasteiger partial charge in [0.1, 0.15) is 17.3 Å². The summed E-state index contributed by atoms with van der Waals surface area (Å²) in [6.07, 6.45) is 3.99. The Kier molecular flexibility index (Phi) is 4.22. The Hall–Kier alpha value is -2.17. The molecule has 0 bridgehead atoms. The van der Waals surface area contributed by atoms with Crippen LogP contribution in [-0.4, -0.2) is 4.98 Å². The molecule has 2 heterocycles. The van der Waals surface area contributed by atoms with E-state index in [0.717, 1.165) is 16.9 Å². The second-order valence-electron chi connectivity index (χ2n) is 4.99. The van der Waals surface area contributed by atoms with Gasteiger partial charge < -0.3 is 10.2 Å². The van der Waals surface area contributed by atoms with Crippen molar-refractivity contribution in [3.8, 4) is 11.3 Å². The topological polar surface area (TPSA) is 52.0 Å². The molecule has 0 aliphatic heterocycles. The Balaban J connectivity index is 1.77. The molecule has 3 nitrogen and oxygen atoms in total. The largest absolute Gasteiger partial charge is 0.461 e. The average molecular weight is 317 g/mol. The molecule has 2 N–H and O–H groups in total. The number of nitrogens with two attached hydrogens (primary N) is 1. The second-order valence-corrected chi connectivity index (χ2v) is 5.39. The van der Waals surface area contributed by atoms with Crippen molar-refractivity contribution >= 4 is 11.6 Å². The average Bonchev–Trinajstić information content (AvgIpc) is 2.99. The molecular weight excluding hydrogens is 303 g/mol. The molecule has 1 atom stereocenters. The molecule has 0 fully saturated rings. The van der Waals surface area contributed by atoms with E-state index in [1.807, 2.05) is 24.3 Å². The smallest absolute Gasteiger partial charge is 0.141 e. The lowest BCUT2D eigenvalue weighted by atomic mass is 10.1. The van der Waals surface area contributed by atoms with Gasteiger partial charge in [0.05, 0.1) is 5.02 Å². The van der Waals surface area contributed by atoms with Gasteiger partial charge in [-0.3, -0.25) is 4.98 Å². The number of benzene rings is 1. The highest BCUT2D eigenvalue weighted by molar-refractivity contribution is 6.31. The van der Waals surface area contributed by atoms with Gasteiger partial charge in [-0.25, -0.2) is 4.39 Å². The normalized spacial score (nSPS) is 12.3. The zero-order valence-corrected chi connectivity index (χ0v) is 12.4. The first-order chi connectivity index (χ1) is 10.6. The Morgan fingerprint density at radius 1 is 1.14 bits per heavy atom. The minimum absolute atomic E-state index is 0.0731. The van der Waals surface area contributed by atoms with Crippen LogP contribution in [0.25, 0.3) is 11.3 Å². The highest BCUT2D eigenvalue weighted by Gasteiger charge is 2.12. The molecule has 0 radical (unpaired) electrons. The van der Waals surface area contributed by atoms with Crippen LogP contribution >= 0.6 is 11.6 Å². The summed E-state index contributed by atoms with van der Waals surface area (Å²) in [6, 6.07) is 11.8. The zero-order valence-electron chi connectivity index (χ0n) is 11.7. The summed E-state index contributed by atoms with van der Waals surface area (Å²) in [5.74, 6) is 0.954. The lowest BCUT2D eigenvalue weighted by Gasteiger charge is -2.09. The number of furan rings is 1. The van der Waals surface area contributed by atoms with Crippen molar-refractivity contribution in [2.45, 2.75) is 12.5 Å². The fourth-order valence-corrected chi connectivity index (χ4v) is 2.42. The van der Waals surface area contributed by atoms with Crippen LogP contribution in [0.1, 0.15) is 17.4 Å². The maximum Gasteiger partial charge on any atom is 0.141 e. The van der Waals surface area contributed by atoms with Gasteiger partial charge in [0, 0.05) is 30.4 Å². The number of rotatable bonds is 4. The molecule has 1 unspecified atom stereocenters. The fourth-order valence-electron chi connectivity index (χ4n) is 2.24. The second kappa shape index (κ2) is 6.30. The van der Waals surface area contributed by atoms with Gasteiger partial charge in [0.15, 0.2) is 0 Å². The van der Waals surface area contributed by atoms with Crippen LogP contribution in [0.4, 0.5) is 4.39 Å². The van der Waals surface area contributed by atoms with E-state index in [-0.39, 0.29) is 11.1 Å². The van der Waals surface area contributed by atoms with E-state index in [9.17, 15) is 4.39 Å². The molecule has 5 heteroatoms. The van der Waals surface area contributed by atoms with E-state index in [2.05, 4.69) is 4.98 Å². The molecule has 0 spiro atoms. The number of hydrogen-bond acceptors (Lipinski definition) is 3. The van der Waals surface area contributed by atoms with Crippen LogP contribution in [-0.2, 0) is 6.42 Å². The van der Waals surface area contributed by atoms with E-state index in [1.54, 1.807) is 24.5 Å². The molecule has 0 aliphatic rings. The molecule has 0 aliphatic carbocycles. The van der Waals surface area contributed by atoms with Crippen LogP contribution in [0.15, 0.2) is 59.3 Å². The van der Waals surface area contributed by atoms with E-state index in [1.165, 1.54) is 6.07 Å². The van der Waals surface area contributed by atoms with E-state index in [4.69, 9.17) is 21.8 Å². The van der Waals surface area contributed by atoms with Gasteiger partial charge in [-0.1, -0.05) is 11.6 Å². The first-order valence-corrected chi connectivity index (χ1v) is 7.21. The van der Waals surface area contributed by atoms with Crippen molar-refractivity contribution < 1.29 is 8.81 Å². The highest BCUT2D eigenvalue weighted by atomic mass is 35.5. The van der Waals surface area contributed by atoms with Crippen LogP contribution in [0.3, 0.4) is 0 Å². The monoisotopic (exact) mass is 316 g/mol. The van der Waals surface area contributed by atoms with Gasteiger partial charge in [-0.05, 0) is 48.0 Å². The van der Waals surface area contributed by atoms with Gasteiger partial charge in [0.2, 0.25) is 0 Å². The van der Waals surface area contributed by atoms with Crippen LogP contribution in [0, 0.1) is 5.82 Å². The van der Waals surface area contributed by atoms with Crippen LogP contribution in [0.5, 0.6) is 0 Å². The molecule has 2 aromatic heterocycles. The summed E-state index contributed by atoms with van der Waals surface area (Å²) in [5, 5.41) is 0.0731. The molecule has 1 aromatic carbocycles. The summed E-state index contributed by atoms with van der Waals surface area (Å²) >= 11 is 5.79. The fraction of sp³-hybridized carbons (Fsp3) is 0.118. The van der Waals surface area contributed by atoms with Crippen molar-refractivity contribution in [3.63, 3.8) is 0 Å². The third kappa shape index (κ3) is 3.18. The lowest BCUT2D eigenvalue weighted by Crippen LogP contribution is -2.12. The lowest BCUT2D eigenvalue weighted by molar-refractivity contribution is 0.499. The van der Waals surface area contributed by atoms with Gasteiger partial charge >= 0.3 is 0 Å². The molecule has 3 rings (SSSR count). The summed E-state index contributed by atoms with van der Waals surface area (Å²) < 4.78 is 19.0. The van der Waals surface area contributed by atoms with Crippen molar-refractivity contribution in [3.05, 3.63) is 77.0 Å². The predicted molar refractivity (Wildman–Crippen MR) is 84.0 cm³/mol. The van der Waals surface area contributed by atoms with Crippen molar-refractivity contribution in [1.29, 1.82) is 0 Å². The predicted octanol–water partition coefficient (Wildman–Crippen LogP) is 4.38. The molecule has 112 valence electrons. The summed E-state index contributed by atoms with van der Waals surface area (Å²) in [7, 11) is 0. The van der Waals surface area contributed by atoms with Crippen LogP contribution < -0.4 is 5.73 Å². The Bertz CT molecular complexity index is 773. The van der Waals surface area contributed by atoms with E-state index in [0.29, 0.717) is 12.2 Å². The Labute approximate surface area is 132 Å². The maximum absolute atomic E-state index is 13.2. The first kappa shape index (κ1) is 14.8. The summed E-state index contributed by atoms with van der Waals surface area (Å²) in [5.41, 5.74) is 7.89. The third-order valence-corrected chi connectivity index (χ3v) is 3.71. The van der Waals surface area contributed by atoms with E-state index >= 15 is 0 Å². The minimum atomic E-state index is -0.447. The summed E-state index contributed by atoms with van der Waals surface area (Å²) in [6.45, 7) is 0. The summed E-state index contributed by atoms with van der Waals surface area (Å²) in [4.78, 5) is 3.97. The SMILES string of the molecule is NC(Cc1ccc(-c2ccc(F)c(Cl)c2)o1)c1ccncc1. The minimum Gasteiger partial charge on any atom is -0.461 e. The zero-order chi connectivity index (χ0) is 15.5. The van der Waals surface area contributed by atoms with E-state index < -0.39 is 5.82 Å². The number of aromatic nitrogens is 1. The number of pyridine rings is 1. The van der Waals surface area contributed by atoms with Crippen molar-refractivity contribution in [2.75, 3.05) is 0 Å². The number of hydrogen-bond donors (Lipinski definition) is 1. The molecular formula is C17H14ClFN2O. The highest BCUT2D eigenvalue weighted by Crippen LogP contribution is 2.27. The standard InChI is InChI=1S/C17H14ClFN2O/c18-14-9-12(1-3-15(14)19)17-4-2-13(22-17)10-16(20)11-5-7-21-8-6-11/h1-9,16H,10,20H2. The van der Waals surface area contributed by atoms with Crippen molar-refractivity contribution in [2.24, 2.45) is 5.73 Å². The van der Waals surface area contributed by atoms with Crippen molar-refractivity contribution in [1.82, 2.24) is 4.98 Å². The molecule has 0 saturated carbocycles.